The van der Waals surface area contributed by atoms with Gasteiger partial charge in [-0.3, -0.25) is 9.48 Å². The van der Waals surface area contributed by atoms with Gasteiger partial charge in [0.2, 0.25) is 0 Å². The van der Waals surface area contributed by atoms with Crippen LogP contribution in [0.5, 0.6) is 0 Å². The number of rotatable bonds is 3. The zero-order chi connectivity index (χ0) is 12.4. The number of carbonyl (C=O) groups is 1. The van der Waals surface area contributed by atoms with Gasteiger partial charge < -0.3 is 0 Å². The lowest BCUT2D eigenvalue weighted by Gasteiger charge is -2.04. The maximum Gasteiger partial charge on any atom is 0.170 e. The van der Waals surface area contributed by atoms with E-state index in [0.29, 0.717) is 11.4 Å². The fraction of sp³-hybridized carbons (Fsp3) is 0.250. The Kier molecular flexibility index (Phi) is 2.99. The van der Waals surface area contributed by atoms with Gasteiger partial charge in [-0.05, 0) is 24.6 Å². The first-order valence-electron chi connectivity index (χ1n) is 5.20. The molecule has 2 aromatic rings. The van der Waals surface area contributed by atoms with E-state index in [9.17, 15) is 9.18 Å². The second-order valence-electron chi connectivity index (χ2n) is 3.86. The maximum absolute atomic E-state index is 13.1. The standard InChI is InChI=1S/C12H12FN3O/c1-8-3-4-9(13)5-10(8)11(17)6-12-14-7-15-16(12)2/h3-5,7H,6H2,1-2H3. The molecule has 0 amide bonds. The van der Waals surface area contributed by atoms with Crippen molar-refractivity contribution in [3.05, 3.63) is 47.3 Å². The van der Waals surface area contributed by atoms with Gasteiger partial charge in [0.1, 0.15) is 18.0 Å². The number of Topliss-reactive ketones (excluding diaryl/α,β-unsaturated/α-hetero) is 1. The van der Waals surface area contributed by atoms with E-state index in [2.05, 4.69) is 10.1 Å². The van der Waals surface area contributed by atoms with Crippen LogP contribution in [0.3, 0.4) is 0 Å². The summed E-state index contributed by atoms with van der Waals surface area (Å²) in [6.45, 7) is 1.78. The summed E-state index contributed by atoms with van der Waals surface area (Å²) < 4.78 is 14.6. The highest BCUT2D eigenvalue weighted by atomic mass is 19.1. The molecule has 4 nitrogen and oxygen atoms in total. The van der Waals surface area contributed by atoms with E-state index >= 15 is 0 Å². The van der Waals surface area contributed by atoms with Gasteiger partial charge in [-0.1, -0.05) is 6.07 Å². The molecule has 0 atom stereocenters. The van der Waals surface area contributed by atoms with Crippen LogP contribution in [0.25, 0.3) is 0 Å². The topological polar surface area (TPSA) is 47.8 Å². The van der Waals surface area contributed by atoms with Crippen molar-refractivity contribution in [2.24, 2.45) is 7.05 Å². The molecule has 1 aromatic carbocycles. The highest BCUT2D eigenvalue weighted by Crippen LogP contribution is 2.12. The molecule has 1 aromatic heterocycles. The van der Waals surface area contributed by atoms with Crippen molar-refractivity contribution in [3.63, 3.8) is 0 Å². The van der Waals surface area contributed by atoms with Gasteiger partial charge in [0, 0.05) is 12.6 Å². The first-order chi connectivity index (χ1) is 8.08. The Morgan fingerprint density at radius 2 is 2.24 bits per heavy atom. The van der Waals surface area contributed by atoms with E-state index in [1.54, 1.807) is 20.0 Å². The fourth-order valence-electron chi connectivity index (χ4n) is 1.61. The number of hydrogen-bond acceptors (Lipinski definition) is 3. The van der Waals surface area contributed by atoms with Gasteiger partial charge in [-0.2, -0.15) is 5.10 Å². The van der Waals surface area contributed by atoms with Crippen molar-refractivity contribution in [2.75, 3.05) is 0 Å². The minimum atomic E-state index is -0.406. The molecule has 0 spiro atoms. The average Bonchev–Trinajstić information content (AvgIpc) is 2.68. The second-order valence-corrected chi connectivity index (χ2v) is 3.86. The molecule has 0 fully saturated rings. The molecule has 0 aliphatic heterocycles. The molecule has 0 N–H and O–H groups in total. The van der Waals surface area contributed by atoms with Crippen molar-refractivity contribution in [2.45, 2.75) is 13.3 Å². The number of aromatic nitrogens is 3. The van der Waals surface area contributed by atoms with Crippen molar-refractivity contribution in [1.82, 2.24) is 14.8 Å². The minimum Gasteiger partial charge on any atom is -0.294 e. The molecule has 0 aliphatic carbocycles. The van der Waals surface area contributed by atoms with Crippen LogP contribution < -0.4 is 0 Å². The molecule has 0 saturated heterocycles. The maximum atomic E-state index is 13.1. The molecule has 0 unspecified atom stereocenters. The van der Waals surface area contributed by atoms with Gasteiger partial charge in [0.15, 0.2) is 5.78 Å². The fourth-order valence-corrected chi connectivity index (χ4v) is 1.61. The summed E-state index contributed by atoms with van der Waals surface area (Å²) in [5, 5.41) is 3.88. The summed E-state index contributed by atoms with van der Waals surface area (Å²) >= 11 is 0. The van der Waals surface area contributed by atoms with E-state index in [1.165, 1.54) is 23.1 Å². The van der Waals surface area contributed by atoms with Gasteiger partial charge in [0.05, 0.1) is 6.42 Å². The molecular formula is C12H12FN3O. The largest absolute Gasteiger partial charge is 0.294 e. The van der Waals surface area contributed by atoms with Crippen LogP contribution in [0.15, 0.2) is 24.5 Å². The van der Waals surface area contributed by atoms with Crippen molar-refractivity contribution in [1.29, 1.82) is 0 Å². The molecule has 88 valence electrons. The normalized spacial score (nSPS) is 10.5. The lowest BCUT2D eigenvalue weighted by atomic mass is 10.0. The summed E-state index contributed by atoms with van der Waals surface area (Å²) in [5.74, 6) is 0.00803. The number of benzene rings is 1. The Labute approximate surface area is 98.1 Å². The van der Waals surface area contributed by atoms with Crippen LogP contribution in [0.1, 0.15) is 21.7 Å². The first kappa shape index (κ1) is 11.4. The summed E-state index contributed by atoms with van der Waals surface area (Å²) in [7, 11) is 1.72. The lowest BCUT2D eigenvalue weighted by Crippen LogP contribution is -2.10. The molecule has 5 heteroatoms. The van der Waals surface area contributed by atoms with E-state index in [1.807, 2.05) is 0 Å². The van der Waals surface area contributed by atoms with Crippen molar-refractivity contribution < 1.29 is 9.18 Å². The summed E-state index contributed by atoms with van der Waals surface area (Å²) in [5.41, 5.74) is 1.16. The van der Waals surface area contributed by atoms with Gasteiger partial charge in [-0.25, -0.2) is 9.37 Å². The van der Waals surface area contributed by atoms with E-state index in [-0.39, 0.29) is 12.2 Å². The van der Waals surface area contributed by atoms with E-state index in [4.69, 9.17) is 0 Å². The Bertz CT molecular complexity index is 563. The summed E-state index contributed by atoms with van der Waals surface area (Å²) in [4.78, 5) is 16.0. The predicted octanol–water partition coefficient (Wildman–Crippen LogP) is 1.69. The molecule has 0 bridgehead atoms. The molecular weight excluding hydrogens is 221 g/mol. The third-order valence-electron chi connectivity index (χ3n) is 2.62. The lowest BCUT2D eigenvalue weighted by molar-refractivity contribution is 0.0988. The monoisotopic (exact) mass is 233 g/mol. The van der Waals surface area contributed by atoms with E-state index < -0.39 is 5.82 Å². The predicted molar refractivity (Wildman–Crippen MR) is 60.2 cm³/mol. The molecule has 1 heterocycles. The van der Waals surface area contributed by atoms with Crippen LogP contribution in [0.4, 0.5) is 4.39 Å². The number of aryl methyl sites for hydroxylation is 2. The smallest absolute Gasteiger partial charge is 0.170 e. The minimum absolute atomic E-state index is 0.126. The average molecular weight is 233 g/mol. The Balaban J connectivity index is 2.26. The summed E-state index contributed by atoms with van der Waals surface area (Å²) in [6.07, 6.45) is 1.52. The highest BCUT2D eigenvalue weighted by Gasteiger charge is 2.13. The van der Waals surface area contributed by atoms with Crippen LogP contribution in [-0.4, -0.2) is 20.5 Å². The number of ketones is 1. The third kappa shape index (κ3) is 2.38. The number of nitrogens with zero attached hydrogens (tertiary/aromatic N) is 3. The zero-order valence-corrected chi connectivity index (χ0v) is 9.64. The Hall–Kier alpha value is -2.04. The first-order valence-corrected chi connectivity index (χ1v) is 5.20. The Morgan fingerprint density at radius 1 is 1.47 bits per heavy atom. The molecule has 0 radical (unpaired) electrons. The second kappa shape index (κ2) is 4.45. The SMILES string of the molecule is Cc1ccc(F)cc1C(=O)Cc1ncnn1C. The van der Waals surface area contributed by atoms with Crippen LogP contribution in [0.2, 0.25) is 0 Å². The quantitative estimate of drug-likeness (QED) is 0.758. The molecule has 0 saturated carbocycles. The van der Waals surface area contributed by atoms with Crippen LogP contribution in [-0.2, 0) is 13.5 Å². The Morgan fingerprint density at radius 3 is 2.88 bits per heavy atom. The van der Waals surface area contributed by atoms with E-state index in [0.717, 1.165) is 5.56 Å². The van der Waals surface area contributed by atoms with Gasteiger partial charge >= 0.3 is 0 Å². The third-order valence-corrected chi connectivity index (χ3v) is 2.62. The number of hydrogen-bond donors (Lipinski definition) is 0. The van der Waals surface area contributed by atoms with Crippen molar-refractivity contribution >= 4 is 5.78 Å². The number of halogens is 1. The van der Waals surface area contributed by atoms with Gasteiger partial charge in [0.25, 0.3) is 0 Å². The zero-order valence-electron chi connectivity index (χ0n) is 9.64. The molecule has 2 rings (SSSR count). The van der Waals surface area contributed by atoms with Crippen molar-refractivity contribution in [3.8, 4) is 0 Å². The molecule has 0 aliphatic rings. The number of carbonyl (C=O) groups excluding carboxylic acids is 1. The highest BCUT2D eigenvalue weighted by molar-refractivity contribution is 5.98. The summed E-state index contributed by atoms with van der Waals surface area (Å²) in [6, 6.07) is 4.20. The van der Waals surface area contributed by atoms with Crippen LogP contribution >= 0.6 is 0 Å². The molecule has 17 heavy (non-hydrogen) atoms. The van der Waals surface area contributed by atoms with Gasteiger partial charge in [-0.15, -0.1) is 0 Å². The van der Waals surface area contributed by atoms with Crippen LogP contribution in [0, 0.1) is 12.7 Å².